The summed E-state index contributed by atoms with van der Waals surface area (Å²) in [6.07, 6.45) is 1.66. The highest BCUT2D eigenvalue weighted by Crippen LogP contribution is 2.53. The van der Waals surface area contributed by atoms with E-state index in [2.05, 4.69) is 5.10 Å². The molecule has 3 aliphatic heterocycles. The molecule has 180 valence electrons. The second-order valence-electron chi connectivity index (χ2n) is 9.61. The second kappa shape index (κ2) is 7.93. The summed E-state index contributed by atoms with van der Waals surface area (Å²) in [5, 5.41) is 8.07. The van der Waals surface area contributed by atoms with Crippen molar-refractivity contribution in [1.82, 2.24) is 5.01 Å². The smallest absolute Gasteiger partial charge is 0.240 e. The zero-order valence-corrected chi connectivity index (χ0v) is 19.5. The Labute approximate surface area is 211 Å². The van der Waals surface area contributed by atoms with Crippen molar-refractivity contribution in [3.8, 4) is 0 Å². The lowest BCUT2D eigenvalue weighted by Crippen LogP contribution is -2.44. The van der Waals surface area contributed by atoms with E-state index in [-0.39, 0.29) is 17.3 Å². The van der Waals surface area contributed by atoms with E-state index in [1.54, 1.807) is 17.3 Å². The number of Topliss-reactive ketones (excluding diaryl/α,β-unsaturated/α-hetero) is 1. The summed E-state index contributed by atoms with van der Waals surface area (Å²) in [7, 11) is 0. The standard InChI is InChI=1S/C30H20FN3O3/c31-21-12-9-18(10-13-21)28(35)27-25-24(26-23-8-4-3-7-20(23)16-32-34(26)27)29(36)33(30(25)37)22-14-11-17-5-1-2-6-19(17)15-22/h1-16,24-27H/t24-,25+,26+,27-/m0/s1. The highest BCUT2D eigenvalue weighted by molar-refractivity contribution is 6.25. The van der Waals surface area contributed by atoms with Crippen molar-refractivity contribution in [2.45, 2.75) is 12.1 Å². The lowest BCUT2D eigenvalue weighted by atomic mass is 9.83. The molecule has 7 heteroatoms. The van der Waals surface area contributed by atoms with Crippen molar-refractivity contribution in [3.63, 3.8) is 0 Å². The number of imide groups is 1. The van der Waals surface area contributed by atoms with E-state index >= 15 is 0 Å². The van der Waals surface area contributed by atoms with Crippen LogP contribution in [0.2, 0.25) is 0 Å². The highest BCUT2D eigenvalue weighted by atomic mass is 19.1. The van der Waals surface area contributed by atoms with E-state index < -0.39 is 35.6 Å². The number of hydrogen-bond donors (Lipinski definition) is 0. The van der Waals surface area contributed by atoms with Crippen molar-refractivity contribution in [1.29, 1.82) is 0 Å². The molecular weight excluding hydrogens is 469 g/mol. The summed E-state index contributed by atoms with van der Waals surface area (Å²) >= 11 is 0. The third-order valence-corrected chi connectivity index (χ3v) is 7.68. The monoisotopic (exact) mass is 489 g/mol. The Morgan fingerprint density at radius 3 is 2.30 bits per heavy atom. The third-order valence-electron chi connectivity index (χ3n) is 7.68. The fraction of sp³-hybridized carbons (Fsp3) is 0.133. The maximum atomic E-state index is 14.0. The van der Waals surface area contributed by atoms with Gasteiger partial charge in [0.2, 0.25) is 11.8 Å². The van der Waals surface area contributed by atoms with Gasteiger partial charge in [-0.1, -0.05) is 54.6 Å². The van der Waals surface area contributed by atoms with Crippen LogP contribution < -0.4 is 4.90 Å². The highest BCUT2D eigenvalue weighted by Gasteiger charge is 2.65. The maximum absolute atomic E-state index is 14.0. The Balaban J connectivity index is 1.37. The molecule has 2 fully saturated rings. The minimum atomic E-state index is -0.994. The molecule has 0 radical (unpaired) electrons. The molecule has 0 spiro atoms. The molecule has 4 aromatic carbocycles. The first-order chi connectivity index (χ1) is 18.0. The zero-order valence-electron chi connectivity index (χ0n) is 19.5. The lowest BCUT2D eigenvalue weighted by molar-refractivity contribution is -0.124. The van der Waals surface area contributed by atoms with E-state index in [9.17, 15) is 18.8 Å². The Morgan fingerprint density at radius 1 is 0.784 bits per heavy atom. The van der Waals surface area contributed by atoms with Crippen molar-refractivity contribution in [2.24, 2.45) is 16.9 Å². The molecule has 37 heavy (non-hydrogen) atoms. The quantitative estimate of drug-likeness (QED) is 0.308. The van der Waals surface area contributed by atoms with Gasteiger partial charge in [0.25, 0.3) is 0 Å². The number of hydrazone groups is 1. The van der Waals surface area contributed by atoms with Crippen LogP contribution >= 0.6 is 0 Å². The SMILES string of the molecule is O=C(c1ccc(F)cc1)[C@@H]1[C@@H]2C(=O)N(c3ccc4ccccc4c3)C(=O)[C@@H]2[C@H]2c3ccccc3C=NN12. The van der Waals surface area contributed by atoms with Crippen LogP contribution in [0.3, 0.4) is 0 Å². The zero-order chi connectivity index (χ0) is 25.3. The first-order valence-corrected chi connectivity index (χ1v) is 12.1. The van der Waals surface area contributed by atoms with Gasteiger partial charge >= 0.3 is 0 Å². The van der Waals surface area contributed by atoms with E-state index in [0.29, 0.717) is 5.69 Å². The maximum Gasteiger partial charge on any atom is 0.240 e. The van der Waals surface area contributed by atoms with Crippen molar-refractivity contribution in [3.05, 3.63) is 114 Å². The van der Waals surface area contributed by atoms with Crippen LogP contribution in [0.25, 0.3) is 10.8 Å². The molecule has 3 heterocycles. The van der Waals surface area contributed by atoms with Crippen LogP contribution in [0.4, 0.5) is 10.1 Å². The summed E-state index contributed by atoms with van der Waals surface area (Å²) in [4.78, 5) is 43.1. The van der Waals surface area contributed by atoms with Gasteiger partial charge in [-0.25, -0.2) is 9.29 Å². The lowest BCUT2D eigenvalue weighted by Gasteiger charge is -2.33. The first kappa shape index (κ1) is 21.6. The second-order valence-corrected chi connectivity index (χ2v) is 9.61. The summed E-state index contributed by atoms with van der Waals surface area (Å²) in [6.45, 7) is 0. The van der Waals surface area contributed by atoms with Gasteiger partial charge in [0, 0.05) is 5.56 Å². The molecule has 0 saturated carbocycles. The number of ketones is 1. The summed E-state index contributed by atoms with van der Waals surface area (Å²) in [5.74, 6) is -3.31. The molecule has 0 aromatic heterocycles. The number of hydrogen-bond acceptors (Lipinski definition) is 5. The number of carbonyl (C=O) groups is 3. The average molecular weight is 490 g/mol. The minimum absolute atomic E-state index is 0.268. The van der Waals surface area contributed by atoms with Gasteiger partial charge in [0.05, 0.1) is 29.8 Å². The van der Waals surface area contributed by atoms with Crippen LogP contribution in [0.15, 0.2) is 96.1 Å². The number of fused-ring (bicyclic) bond motifs is 6. The van der Waals surface area contributed by atoms with Crippen molar-refractivity contribution in [2.75, 3.05) is 4.90 Å². The Kier molecular flexibility index (Phi) is 4.63. The van der Waals surface area contributed by atoms with E-state index in [1.807, 2.05) is 60.7 Å². The average Bonchev–Trinajstić information content (AvgIpc) is 3.40. The summed E-state index contributed by atoms with van der Waals surface area (Å²) < 4.78 is 13.6. The van der Waals surface area contributed by atoms with Crippen molar-refractivity contribution >= 4 is 40.3 Å². The van der Waals surface area contributed by atoms with E-state index in [0.717, 1.165) is 21.9 Å². The largest absolute Gasteiger partial charge is 0.292 e. The fourth-order valence-corrected chi connectivity index (χ4v) is 6.02. The number of amides is 2. The van der Waals surface area contributed by atoms with Crippen LogP contribution in [0.5, 0.6) is 0 Å². The molecule has 0 bridgehead atoms. The van der Waals surface area contributed by atoms with Gasteiger partial charge in [-0.05, 0) is 58.3 Å². The normalized spacial score (nSPS) is 23.8. The third kappa shape index (κ3) is 3.10. The Morgan fingerprint density at radius 2 is 1.49 bits per heavy atom. The van der Waals surface area contributed by atoms with Gasteiger partial charge in [-0.15, -0.1) is 0 Å². The number of halogens is 1. The van der Waals surface area contributed by atoms with Gasteiger partial charge in [0.15, 0.2) is 5.78 Å². The molecule has 7 rings (SSSR count). The fourth-order valence-electron chi connectivity index (χ4n) is 6.02. The van der Waals surface area contributed by atoms with Gasteiger partial charge in [-0.2, -0.15) is 5.10 Å². The molecule has 3 aliphatic rings. The molecule has 4 atom stereocenters. The summed E-state index contributed by atoms with van der Waals surface area (Å²) in [6, 6.07) is 24.5. The van der Waals surface area contributed by atoms with Gasteiger partial charge in [0.1, 0.15) is 11.9 Å². The summed E-state index contributed by atoms with van der Waals surface area (Å²) in [5.41, 5.74) is 2.45. The topological polar surface area (TPSA) is 70.0 Å². The predicted octanol–water partition coefficient (Wildman–Crippen LogP) is 4.74. The Hall–Kier alpha value is -4.65. The number of rotatable bonds is 3. The number of carbonyl (C=O) groups excluding carboxylic acids is 3. The number of benzene rings is 4. The van der Waals surface area contributed by atoms with Crippen LogP contribution in [0, 0.1) is 17.7 Å². The number of nitrogens with zero attached hydrogens (tertiary/aromatic N) is 3. The minimum Gasteiger partial charge on any atom is -0.292 e. The predicted molar refractivity (Wildman–Crippen MR) is 137 cm³/mol. The Bertz CT molecular complexity index is 1650. The molecule has 0 N–H and O–H groups in total. The van der Waals surface area contributed by atoms with Crippen molar-refractivity contribution < 1.29 is 18.8 Å². The first-order valence-electron chi connectivity index (χ1n) is 12.1. The van der Waals surface area contributed by atoms with Gasteiger partial charge < -0.3 is 0 Å². The van der Waals surface area contributed by atoms with Crippen LogP contribution in [0.1, 0.15) is 27.5 Å². The van der Waals surface area contributed by atoms with E-state index in [1.165, 1.54) is 29.2 Å². The molecule has 6 nitrogen and oxygen atoms in total. The molecule has 0 aliphatic carbocycles. The molecular formula is C30H20FN3O3. The molecule has 2 amide bonds. The van der Waals surface area contributed by atoms with E-state index in [4.69, 9.17) is 0 Å². The number of anilines is 1. The van der Waals surface area contributed by atoms with Crippen LogP contribution in [-0.4, -0.2) is 34.9 Å². The molecule has 2 saturated heterocycles. The molecule has 0 unspecified atom stereocenters. The van der Waals surface area contributed by atoms with Gasteiger partial charge in [-0.3, -0.25) is 19.4 Å². The van der Waals surface area contributed by atoms with Crippen LogP contribution in [-0.2, 0) is 9.59 Å². The molecule has 4 aromatic rings.